The van der Waals surface area contributed by atoms with Gasteiger partial charge in [0.1, 0.15) is 0 Å². The zero-order valence-corrected chi connectivity index (χ0v) is 8.43. The highest BCUT2D eigenvalue weighted by Gasteiger charge is 2.10. The van der Waals surface area contributed by atoms with Gasteiger partial charge in [-0.15, -0.1) is 6.58 Å². The molecule has 0 amide bonds. The number of pyridine rings is 1. The molecule has 1 N–H and O–H groups in total. The molecule has 0 saturated carbocycles. The molecule has 76 valence electrons. The molecule has 1 heterocycles. The summed E-state index contributed by atoms with van der Waals surface area (Å²) in [5, 5.41) is 12.0. The molecule has 2 heteroatoms. The second kappa shape index (κ2) is 4.24. The van der Waals surface area contributed by atoms with Crippen molar-refractivity contribution in [1.29, 1.82) is 0 Å². The fraction of sp³-hybridized carbons (Fsp3) is 0.154. The first-order valence-corrected chi connectivity index (χ1v) is 4.95. The predicted octanol–water partition coefficient (Wildman–Crippen LogP) is 2.84. The molecular formula is C13H13NO. The maximum atomic E-state index is 9.88. The van der Waals surface area contributed by atoms with Crippen molar-refractivity contribution in [3.8, 4) is 0 Å². The molecule has 0 bridgehead atoms. The Morgan fingerprint density at radius 1 is 1.33 bits per heavy atom. The van der Waals surface area contributed by atoms with E-state index in [1.165, 1.54) is 0 Å². The predicted molar refractivity (Wildman–Crippen MR) is 61.5 cm³/mol. The summed E-state index contributed by atoms with van der Waals surface area (Å²) in [6.07, 6.45) is 3.40. The van der Waals surface area contributed by atoms with E-state index in [-0.39, 0.29) is 0 Å². The van der Waals surface area contributed by atoms with Crippen LogP contribution in [0.25, 0.3) is 10.8 Å². The Balaban J connectivity index is 2.55. The number of rotatable bonds is 3. The number of aliphatic hydroxyl groups excluding tert-OH is 1. The molecule has 0 fully saturated rings. The van der Waals surface area contributed by atoms with Crippen LogP contribution < -0.4 is 0 Å². The van der Waals surface area contributed by atoms with Crippen LogP contribution in [-0.4, -0.2) is 10.1 Å². The largest absolute Gasteiger partial charge is 0.386 e. The van der Waals surface area contributed by atoms with Crippen LogP contribution in [0.1, 0.15) is 18.2 Å². The van der Waals surface area contributed by atoms with Gasteiger partial charge in [0.2, 0.25) is 0 Å². The quantitative estimate of drug-likeness (QED) is 0.771. The van der Waals surface area contributed by atoms with Gasteiger partial charge in [0.05, 0.1) is 11.8 Å². The van der Waals surface area contributed by atoms with E-state index in [4.69, 9.17) is 0 Å². The number of nitrogens with zero attached hydrogens (tertiary/aromatic N) is 1. The Bertz CT molecular complexity index is 473. The van der Waals surface area contributed by atoms with Crippen LogP contribution in [0.3, 0.4) is 0 Å². The van der Waals surface area contributed by atoms with Crippen molar-refractivity contribution in [2.75, 3.05) is 0 Å². The molecule has 1 atom stereocenters. The van der Waals surface area contributed by atoms with Gasteiger partial charge in [0, 0.05) is 11.6 Å². The Labute approximate surface area is 88.9 Å². The van der Waals surface area contributed by atoms with Gasteiger partial charge < -0.3 is 5.11 Å². The lowest BCUT2D eigenvalue weighted by Crippen LogP contribution is -1.99. The number of aromatic nitrogens is 1. The van der Waals surface area contributed by atoms with Gasteiger partial charge in [-0.25, -0.2) is 0 Å². The normalized spacial score (nSPS) is 12.6. The first-order valence-electron chi connectivity index (χ1n) is 4.95. The summed E-state index contributed by atoms with van der Waals surface area (Å²) in [6.45, 7) is 3.62. The second-order valence-corrected chi connectivity index (χ2v) is 3.46. The molecule has 0 radical (unpaired) electrons. The summed E-state index contributed by atoms with van der Waals surface area (Å²) in [5.74, 6) is 0. The van der Waals surface area contributed by atoms with Crippen molar-refractivity contribution in [3.05, 3.63) is 54.9 Å². The lowest BCUT2D eigenvalue weighted by atomic mass is 10.0. The minimum Gasteiger partial charge on any atom is -0.386 e. The molecule has 2 rings (SSSR count). The van der Waals surface area contributed by atoms with Crippen LogP contribution in [0, 0.1) is 0 Å². The molecule has 1 aromatic carbocycles. The third-order valence-corrected chi connectivity index (χ3v) is 2.41. The molecule has 0 aliphatic heterocycles. The number of aliphatic hydroxyl groups is 1. The van der Waals surface area contributed by atoms with E-state index in [1.807, 2.05) is 30.3 Å². The summed E-state index contributed by atoms with van der Waals surface area (Å²) in [6, 6.07) is 9.87. The summed E-state index contributed by atoms with van der Waals surface area (Å²) in [4.78, 5) is 4.23. The molecule has 1 aromatic heterocycles. The van der Waals surface area contributed by atoms with Gasteiger partial charge in [-0.1, -0.05) is 30.3 Å². The van der Waals surface area contributed by atoms with Crippen molar-refractivity contribution in [1.82, 2.24) is 4.98 Å². The van der Waals surface area contributed by atoms with Gasteiger partial charge >= 0.3 is 0 Å². The standard InChI is InChI=1S/C13H13NO/c1-2-5-12(15)13-11-7-4-3-6-10(11)8-9-14-13/h2-4,6-9,12,15H,1,5H2. The highest BCUT2D eigenvalue weighted by Crippen LogP contribution is 2.23. The van der Waals surface area contributed by atoms with Gasteiger partial charge in [-0.2, -0.15) is 0 Å². The topological polar surface area (TPSA) is 33.1 Å². The molecule has 2 nitrogen and oxygen atoms in total. The number of benzene rings is 1. The lowest BCUT2D eigenvalue weighted by molar-refractivity contribution is 0.178. The highest BCUT2D eigenvalue weighted by molar-refractivity contribution is 5.84. The number of hydrogen-bond donors (Lipinski definition) is 1. The second-order valence-electron chi connectivity index (χ2n) is 3.46. The Morgan fingerprint density at radius 2 is 2.13 bits per heavy atom. The zero-order chi connectivity index (χ0) is 10.7. The SMILES string of the molecule is C=CCC(O)c1nccc2ccccc12. The van der Waals surface area contributed by atoms with Crippen molar-refractivity contribution in [3.63, 3.8) is 0 Å². The van der Waals surface area contributed by atoms with Crippen LogP contribution in [0.2, 0.25) is 0 Å². The average molecular weight is 199 g/mol. The van der Waals surface area contributed by atoms with E-state index in [0.717, 1.165) is 16.5 Å². The Morgan fingerprint density at radius 3 is 2.93 bits per heavy atom. The van der Waals surface area contributed by atoms with Crippen LogP contribution in [0.15, 0.2) is 49.2 Å². The van der Waals surface area contributed by atoms with Gasteiger partial charge in [-0.3, -0.25) is 4.98 Å². The highest BCUT2D eigenvalue weighted by atomic mass is 16.3. The fourth-order valence-corrected chi connectivity index (χ4v) is 1.68. The summed E-state index contributed by atoms with van der Waals surface area (Å²) in [7, 11) is 0. The Hall–Kier alpha value is -1.67. The lowest BCUT2D eigenvalue weighted by Gasteiger charge is -2.10. The first-order chi connectivity index (χ1) is 7.33. The first kappa shape index (κ1) is 9.87. The molecule has 2 aromatic rings. The third-order valence-electron chi connectivity index (χ3n) is 2.41. The van der Waals surface area contributed by atoms with Gasteiger partial charge in [-0.05, 0) is 17.9 Å². The molecule has 1 unspecified atom stereocenters. The fourth-order valence-electron chi connectivity index (χ4n) is 1.68. The summed E-state index contributed by atoms with van der Waals surface area (Å²) >= 11 is 0. The molecule has 0 aliphatic carbocycles. The summed E-state index contributed by atoms with van der Waals surface area (Å²) in [5.41, 5.74) is 0.730. The van der Waals surface area contributed by atoms with Crippen molar-refractivity contribution in [2.45, 2.75) is 12.5 Å². The zero-order valence-electron chi connectivity index (χ0n) is 8.43. The Kier molecular flexibility index (Phi) is 2.79. The molecule has 0 aliphatic rings. The number of hydrogen-bond acceptors (Lipinski definition) is 2. The van der Waals surface area contributed by atoms with E-state index < -0.39 is 6.10 Å². The van der Waals surface area contributed by atoms with Crippen LogP contribution >= 0.6 is 0 Å². The smallest absolute Gasteiger partial charge is 0.1000 e. The van der Waals surface area contributed by atoms with E-state index in [0.29, 0.717) is 6.42 Å². The average Bonchev–Trinajstić information content (AvgIpc) is 2.28. The summed E-state index contributed by atoms with van der Waals surface area (Å²) < 4.78 is 0. The van der Waals surface area contributed by atoms with Crippen LogP contribution in [0.5, 0.6) is 0 Å². The van der Waals surface area contributed by atoms with E-state index in [1.54, 1.807) is 12.3 Å². The van der Waals surface area contributed by atoms with Gasteiger partial charge in [0.15, 0.2) is 0 Å². The molecular weight excluding hydrogens is 186 g/mol. The monoisotopic (exact) mass is 199 g/mol. The van der Waals surface area contributed by atoms with Crippen molar-refractivity contribution < 1.29 is 5.11 Å². The molecule has 0 saturated heterocycles. The molecule has 15 heavy (non-hydrogen) atoms. The van der Waals surface area contributed by atoms with Crippen LogP contribution in [-0.2, 0) is 0 Å². The van der Waals surface area contributed by atoms with Crippen molar-refractivity contribution >= 4 is 10.8 Å². The van der Waals surface area contributed by atoms with E-state index >= 15 is 0 Å². The third kappa shape index (κ3) is 1.90. The van der Waals surface area contributed by atoms with Crippen LogP contribution in [0.4, 0.5) is 0 Å². The maximum Gasteiger partial charge on any atom is 0.1000 e. The number of fused-ring (bicyclic) bond motifs is 1. The van der Waals surface area contributed by atoms with E-state index in [9.17, 15) is 5.11 Å². The maximum absolute atomic E-state index is 9.88. The minimum atomic E-state index is -0.561. The molecule has 0 spiro atoms. The van der Waals surface area contributed by atoms with Crippen molar-refractivity contribution in [2.24, 2.45) is 0 Å². The minimum absolute atomic E-state index is 0.529. The van der Waals surface area contributed by atoms with E-state index in [2.05, 4.69) is 11.6 Å². The van der Waals surface area contributed by atoms with Gasteiger partial charge in [0.25, 0.3) is 0 Å².